The number of nitrogens with zero attached hydrogens (tertiary/aromatic N) is 4. The average Bonchev–Trinajstić information content (AvgIpc) is 3.25. The van der Waals surface area contributed by atoms with E-state index in [4.69, 9.17) is 9.47 Å². The van der Waals surface area contributed by atoms with Gasteiger partial charge in [-0.2, -0.15) is 0 Å². The summed E-state index contributed by atoms with van der Waals surface area (Å²) < 4.78 is 12.6. The lowest BCUT2D eigenvalue weighted by molar-refractivity contribution is 0.354. The molecule has 8 nitrogen and oxygen atoms in total. The SMILES string of the molecule is CN=C(NCCc1ccc(OC)c(OC)c1)NCc1nncn1-c1ccccc1. The molecule has 0 unspecified atom stereocenters. The van der Waals surface area contributed by atoms with E-state index >= 15 is 0 Å². The molecule has 0 amide bonds. The molecule has 0 radical (unpaired) electrons. The summed E-state index contributed by atoms with van der Waals surface area (Å²) in [5.41, 5.74) is 2.17. The Bertz CT molecular complexity index is 939. The quantitative estimate of drug-likeness (QED) is 0.450. The summed E-state index contributed by atoms with van der Waals surface area (Å²) in [4.78, 5) is 4.27. The largest absolute Gasteiger partial charge is 0.493 e. The summed E-state index contributed by atoms with van der Waals surface area (Å²) in [5.74, 6) is 2.96. The number of ether oxygens (including phenoxy) is 2. The van der Waals surface area contributed by atoms with Crippen LogP contribution in [-0.4, -0.2) is 48.5 Å². The molecule has 29 heavy (non-hydrogen) atoms. The van der Waals surface area contributed by atoms with Crippen molar-refractivity contribution in [1.29, 1.82) is 0 Å². The zero-order valence-corrected chi connectivity index (χ0v) is 16.9. The van der Waals surface area contributed by atoms with Crippen LogP contribution >= 0.6 is 0 Å². The number of guanidine groups is 1. The van der Waals surface area contributed by atoms with Crippen LogP contribution in [0.25, 0.3) is 5.69 Å². The summed E-state index contributed by atoms with van der Waals surface area (Å²) >= 11 is 0. The highest BCUT2D eigenvalue weighted by atomic mass is 16.5. The number of rotatable bonds is 8. The first-order chi connectivity index (χ1) is 14.2. The lowest BCUT2D eigenvalue weighted by Gasteiger charge is -2.13. The first kappa shape index (κ1) is 20.2. The fourth-order valence-electron chi connectivity index (χ4n) is 2.93. The van der Waals surface area contributed by atoms with Crippen LogP contribution in [0.3, 0.4) is 0 Å². The number of hydrogen-bond acceptors (Lipinski definition) is 5. The number of nitrogens with one attached hydrogen (secondary N) is 2. The van der Waals surface area contributed by atoms with Crippen LogP contribution in [0.1, 0.15) is 11.4 Å². The number of methoxy groups -OCH3 is 2. The van der Waals surface area contributed by atoms with Gasteiger partial charge in [-0.05, 0) is 36.2 Å². The molecule has 2 aromatic carbocycles. The minimum atomic E-state index is 0.505. The molecule has 8 heteroatoms. The van der Waals surface area contributed by atoms with Gasteiger partial charge in [0.1, 0.15) is 6.33 Å². The normalized spacial score (nSPS) is 11.2. The van der Waals surface area contributed by atoms with Crippen LogP contribution in [-0.2, 0) is 13.0 Å². The van der Waals surface area contributed by atoms with E-state index in [9.17, 15) is 0 Å². The maximum Gasteiger partial charge on any atom is 0.191 e. The van der Waals surface area contributed by atoms with E-state index in [-0.39, 0.29) is 0 Å². The highest BCUT2D eigenvalue weighted by Crippen LogP contribution is 2.27. The first-order valence-corrected chi connectivity index (χ1v) is 9.35. The predicted octanol–water partition coefficient (Wildman–Crippen LogP) is 2.19. The zero-order valence-electron chi connectivity index (χ0n) is 16.9. The lowest BCUT2D eigenvalue weighted by Crippen LogP contribution is -2.38. The summed E-state index contributed by atoms with van der Waals surface area (Å²) in [6.45, 7) is 1.23. The third kappa shape index (κ3) is 5.25. The van der Waals surface area contributed by atoms with Gasteiger partial charge in [0, 0.05) is 19.3 Å². The zero-order chi connectivity index (χ0) is 20.5. The fourth-order valence-corrected chi connectivity index (χ4v) is 2.93. The van der Waals surface area contributed by atoms with Crippen molar-refractivity contribution in [3.63, 3.8) is 0 Å². The van der Waals surface area contributed by atoms with E-state index in [1.54, 1.807) is 27.6 Å². The van der Waals surface area contributed by atoms with Gasteiger partial charge in [0.05, 0.1) is 20.8 Å². The van der Waals surface area contributed by atoms with Crippen LogP contribution in [0.2, 0.25) is 0 Å². The molecular formula is C21H26N6O2. The number of benzene rings is 2. The molecule has 3 aromatic rings. The van der Waals surface area contributed by atoms with Crippen LogP contribution in [0.4, 0.5) is 0 Å². The maximum atomic E-state index is 5.36. The van der Waals surface area contributed by atoms with Gasteiger partial charge in [-0.3, -0.25) is 9.56 Å². The Morgan fingerprint density at radius 2 is 1.83 bits per heavy atom. The molecule has 1 aromatic heterocycles. The van der Waals surface area contributed by atoms with Crippen molar-refractivity contribution >= 4 is 5.96 Å². The molecule has 0 fully saturated rings. The standard InChI is InChI=1S/C21H26N6O2/c1-22-21(23-12-11-16-9-10-18(28-2)19(13-16)29-3)24-14-20-26-25-15-27(20)17-7-5-4-6-8-17/h4-10,13,15H,11-12,14H2,1-3H3,(H2,22,23,24). The molecule has 3 rings (SSSR count). The van der Waals surface area contributed by atoms with Crippen molar-refractivity contribution in [2.24, 2.45) is 4.99 Å². The van der Waals surface area contributed by atoms with E-state index in [0.717, 1.165) is 41.5 Å². The molecule has 0 spiro atoms. The highest BCUT2D eigenvalue weighted by molar-refractivity contribution is 5.79. The lowest BCUT2D eigenvalue weighted by atomic mass is 10.1. The van der Waals surface area contributed by atoms with Crippen molar-refractivity contribution in [3.05, 3.63) is 66.2 Å². The number of aliphatic imine (C=N–C) groups is 1. The van der Waals surface area contributed by atoms with E-state index in [2.05, 4.69) is 25.8 Å². The summed E-state index contributed by atoms with van der Waals surface area (Å²) in [5, 5.41) is 14.8. The Labute approximate surface area is 170 Å². The molecular weight excluding hydrogens is 368 g/mol. The van der Waals surface area contributed by atoms with Crippen molar-refractivity contribution in [2.75, 3.05) is 27.8 Å². The van der Waals surface area contributed by atoms with Gasteiger partial charge in [-0.1, -0.05) is 24.3 Å². The third-order valence-corrected chi connectivity index (χ3v) is 4.44. The van der Waals surface area contributed by atoms with Crippen molar-refractivity contribution in [1.82, 2.24) is 25.4 Å². The molecule has 1 heterocycles. The highest BCUT2D eigenvalue weighted by Gasteiger charge is 2.08. The van der Waals surface area contributed by atoms with Gasteiger partial charge in [0.25, 0.3) is 0 Å². The van der Waals surface area contributed by atoms with Crippen LogP contribution in [0.15, 0.2) is 59.9 Å². The van der Waals surface area contributed by atoms with E-state index < -0.39 is 0 Å². The van der Waals surface area contributed by atoms with Gasteiger partial charge in [-0.25, -0.2) is 0 Å². The molecule has 0 saturated carbocycles. The third-order valence-electron chi connectivity index (χ3n) is 4.44. The van der Waals surface area contributed by atoms with E-state index in [1.807, 2.05) is 53.1 Å². The van der Waals surface area contributed by atoms with Crippen LogP contribution in [0.5, 0.6) is 11.5 Å². The second kappa shape index (κ2) is 10.1. The average molecular weight is 394 g/mol. The fraction of sp³-hybridized carbons (Fsp3) is 0.286. The molecule has 0 aliphatic carbocycles. The summed E-state index contributed by atoms with van der Waals surface area (Å²) in [6, 6.07) is 15.9. The Kier molecular flexibility index (Phi) is 7.05. The summed E-state index contributed by atoms with van der Waals surface area (Å²) in [7, 11) is 5.01. The molecule has 0 atom stereocenters. The molecule has 0 bridgehead atoms. The smallest absolute Gasteiger partial charge is 0.191 e. The molecule has 2 N–H and O–H groups in total. The molecule has 0 aliphatic rings. The van der Waals surface area contributed by atoms with Crippen LogP contribution in [0, 0.1) is 0 Å². The van der Waals surface area contributed by atoms with Crippen molar-refractivity contribution in [2.45, 2.75) is 13.0 Å². The van der Waals surface area contributed by atoms with Crippen molar-refractivity contribution < 1.29 is 9.47 Å². The predicted molar refractivity (Wildman–Crippen MR) is 113 cm³/mol. The minimum absolute atomic E-state index is 0.505. The van der Waals surface area contributed by atoms with Gasteiger partial charge in [0.15, 0.2) is 23.3 Å². The maximum absolute atomic E-state index is 5.36. The number of para-hydroxylation sites is 1. The second-order valence-corrected chi connectivity index (χ2v) is 6.24. The van der Waals surface area contributed by atoms with E-state index in [0.29, 0.717) is 12.5 Å². The Morgan fingerprint density at radius 3 is 2.55 bits per heavy atom. The summed E-state index contributed by atoms with van der Waals surface area (Å²) in [6.07, 6.45) is 2.53. The van der Waals surface area contributed by atoms with Gasteiger partial charge in [-0.15, -0.1) is 10.2 Å². The topological polar surface area (TPSA) is 85.6 Å². The Hall–Kier alpha value is -3.55. The molecule has 152 valence electrons. The Morgan fingerprint density at radius 1 is 1.03 bits per heavy atom. The first-order valence-electron chi connectivity index (χ1n) is 9.35. The van der Waals surface area contributed by atoms with Gasteiger partial charge < -0.3 is 20.1 Å². The van der Waals surface area contributed by atoms with Gasteiger partial charge >= 0.3 is 0 Å². The Balaban J connectivity index is 1.53. The number of aromatic nitrogens is 3. The minimum Gasteiger partial charge on any atom is -0.493 e. The molecule has 0 saturated heterocycles. The van der Waals surface area contributed by atoms with Gasteiger partial charge in [0.2, 0.25) is 0 Å². The molecule has 0 aliphatic heterocycles. The monoisotopic (exact) mass is 394 g/mol. The van der Waals surface area contributed by atoms with Crippen molar-refractivity contribution in [3.8, 4) is 17.2 Å². The second-order valence-electron chi connectivity index (χ2n) is 6.24. The number of hydrogen-bond donors (Lipinski definition) is 2. The van der Waals surface area contributed by atoms with Crippen LogP contribution < -0.4 is 20.1 Å². The van der Waals surface area contributed by atoms with E-state index in [1.165, 1.54) is 0 Å².